The highest BCUT2D eigenvalue weighted by Crippen LogP contribution is 2.36. The van der Waals surface area contributed by atoms with Gasteiger partial charge in [0.25, 0.3) is 0 Å². The van der Waals surface area contributed by atoms with E-state index in [2.05, 4.69) is 15.4 Å². The number of hydrogen-bond acceptors (Lipinski definition) is 7. The Labute approximate surface area is 217 Å². The lowest BCUT2D eigenvalue weighted by atomic mass is 9.86. The highest BCUT2D eigenvalue weighted by Gasteiger charge is 2.43. The van der Waals surface area contributed by atoms with Crippen molar-refractivity contribution in [3.05, 3.63) is 34.9 Å². The van der Waals surface area contributed by atoms with Crippen LogP contribution >= 0.6 is 0 Å². The fourth-order valence-electron chi connectivity index (χ4n) is 4.20. The quantitative estimate of drug-likeness (QED) is 0.398. The predicted octanol–water partition coefficient (Wildman–Crippen LogP) is 1.78. The molecular formula is C26H38N4O7. The number of methoxy groups -OCH3 is 1. The Morgan fingerprint density at radius 1 is 1.11 bits per heavy atom. The van der Waals surface area contributed by atoms with Gasteiger partial charge in [0.15, 0.2) is 0 Å². The van der Waals surface area contributed by atoms with Crippen molar-refractivity contribution >= 4 is 29.8 Å². The summed E-state index contributed by atoms with van der Waals surface area (Å²) in [5.74, 6) is -2.68. The maximum atomic E-state index is 14.0. The van der Waals surface area contributed by atoms with E-state index in [4.69, 9.17) is 10.5 Å². The van der Waals surface area contributed by atoms with E-state index in [1.807, 2.05) is 32.0 Å². The largest absolute Gasteiger partial charge is 0.468 e. The zero-order chi connectivity index (χ0) is 27.9. The molecule has 0 heterocycles. The SMILES string of the molecule is COC(=O)CNC(=O)C(c1c(C)cccc1C)N(C(=O)C(CC(N)=O)NC(=O)OC(C)(C)C)C1CCC1. The minimum Gasteiger partial charge on any atom is -0.468 e. The molecule has 11 nitrogen and oxygen atoms in total. The standard InChI is InChI=1S/C26H38N4O7/c1-15-9-7-10-16(2)21(15)22(23(33)28-14-20(32)36-6)30(17-11-8-12-17)24(34)18(13-19(27)31)29-25(35)37-26(3,4)5/h7,9-10,17-18,22H,8,11-14H2,1-6H3,(H2,27,31)(H,28,33)(H,29,35). The molecule has 4 amide bonds. The van der Waals surface area contributed by atoms with Gasteiger partial charge in [0.2, 0.25) is 17.7 Å². The van der Waals surface area contributed by atoms with Gasteiger partial charge in [-0.3, -0.25) is 19.2 Å². The number of nitrogens with two attached hydrogens (primary N) is 1. The van der Waals surface area contributed by atoms with Crippen LogP contribution in [0.25, 0.3) is 0 Å². The Balaban J connectivity index is 2.55. The van der Waals surface area contributed by atoms with Crippen molar-refractivity contribution in [2.75, 3.05) is 13.7 Å². The topological polar surface area (TPSA) is 157 Å². The van der Waals surface area contributed by atoms with Crippen molar-refractivity contribution in [1.82, 2.24) is 15.5 Å². The zero-order valence-corrected chi connectivity index (χ0v) is 22.4. The van der Waals surface area contributed by atoms with Gasteiger partial charge >= 0.3 is 12.1 Å². The average molecular weight is 519 g/mol. The molecule has 1 fully saturated rings. The fourth-order valence-corrected chi connectivity index (χ4v) is 4.20. The Morgan fingerprint density at radius 3 is 2.16 bits per heavy atom. The Kier molecular flexibility index (Phi) is 10.0. The van der Waals surface area contributed by atoms with Crippen molar-refractivity contribution in [3.8, 4) is 0 Å². The summed E-state index contributed by atoms with van der Waals surface area (Å²) in [5, 5.41) is 5.03. The number of carbonyl (C=O) groups is 5. The van der Waals surface area contributed by atoms with Crippen molar-refractivity contribution in [2.24, 2.45) is 5.73 Å². The second-order valence-corrected chi connectivity index (χ2v) is 10.2. The molecule has 1 aliphatic carbocycles. The smallest absolute Gasteiger partial charge is 0.408 e. The number of esters is 1. The molecule has 2 atom stereocenters. The molecule has 1 aliphatic rings. The Morgan fingerprint density at radius 2 is 1.70 bits per heavy atom. The van der Waals surface area contributed by atoms with E-state index in [0.29, 0.717) is 18.4 Å². The molecule has 204 valence electrons. The summed E-state index contributed by atoms with van der Waals surface area (Å²) < 4.78 is 9.92. The number of hydrogen-bond donors (Lipinski definition) is 3. The second-order valence-electron chi connectivity index (χ2n) is 10.2. The lowest BCUT2D eigenvalue weighted by Crippen LogP contribution is -2.58. The lowest BCUT2D eigenvalue weighted by molar-refractivity contribution is -0.149. The Bertz CT molecular complexity index is 1010. The van der Waals surface area contributed by atoms with Gasteiger partial charge < -0.3 is 30.7 Å². The average Bonchev–Trinajstić information content (AvgIpc) is 2.74. The Hall–Kier alpha value is -3.63. The number of rotatable bonds is 10. The van der Waals surface area contributed by atoms with E-state index >= 15 is 0 Å². The van der Waals surface area contributed by atoms with Gasteiger partial charge in [-0.15, -0.1) is 0 Å². The first kappa shape index (κ1) is 29.6. The molecule has 0 spiro atoms. The third kappa shape index (κ3) is 8.19. The summed E-state index contributed by atoms with van der Waals surface area (Å²) in [6.45, 7) is 8.27. The third-order valence-corrected chi connectivity index (χ3v) is 6.09. The molecule has 1 saturated carbocycles. The summed E-state index contributed by atoms with van der Waals surface area (Å²) in [6, 6.07) is 2.69. The molecule has 11 heteroatoms. The van der Waals surface area contributed by atoms with Crippen LogP contribution in [0.1, 0.15) is 69.2 Å². The van der Waals surface area contributed by atoms with Crippen LogP contribution in [-0.4, -0.2) is 66.0 Å². The minimum absolute atomic E-state index is 0.323. The number of ether oxygens (including phenoxy) is 2. The number of alkyl carbamates (subject to hydrolysis) is 1. The molecule has 0 bridgehead atoms. The van der Waals surface area contributed by atoms with Crippen LogP contribution < -0.4 is 16.4 Å². The van der Waals surface area contributed by atoms with Gasteiger partial charge in [-0.25, -0.2) is 4.79 Å². The monoisotopic (exact) mass is 518 g/mol. The van der Waals surface area contributed by atoms with E-state index in [9.17, 15) is 24.0 Å². The molecule has 1 aromatic carbocycles. The number of nitrogens with one attached hydrogen (secondary N) is 2. The van der Waals surface area contributed by atoms with E-state index in [-0.39, 0.29) is 12.6 Å². The highest BCUT2D eigenvalue weighted by atomic mass is 16.6. The maximum absolute atomic E-state index is 14.0. The summed E-state index contributed by atoms with van der Waals surface area (Å²) in [5.41, 5.74) is 6.70. The molecule has 0 saturated heterocycles. The van der Waals surface area contributed by atoms with Gasteiger partial charge in [0, 0.05) is 6.04 Å². The number of amides is 4. The van der Waals surface area contributed by atoms with E-state index in [1.165, 1.54) is 12.0 Å². The van der Waals surface area contributed by atoms with E-state index < -0.39 is 53.9 Å². The number of primary amides is 1. The first-order chi connectivity index (χ1) is 17.2. The van der Waals surface area contributed by atoms with Gasteiger partial charge in [0.1, 0.15) is 24.2 Å². The van der Waals surface area contributed by atoms with Crippen LogP contribution in [0.4, 0.5) is 4.79 Å². The maximum Gasteiger partial charge on any atom is 0.408 e. The molecule has 0 aromatic heterocycles. The van der Waals surface area contributed by atoms with Crippen LogP contribution in [0.3, 0.4) is 0 Å². The first-order valence-corrected chi connectivity index (χ1v) is 12.3. The summed E-state index contributed by atoms with van der Waals surface area (Å²) >= 11 is 0. The number of nitrogens with zero attached hydrogens (tertiary/aromatic N) is 1. The number of aryl methyl sites for hydroxylation is 2. The van der Waals surface area contributed by atoms with Crippen molar-refractivity contribution in [2.45, 2.75) is 84.0 Å². The highest BCUT2D eigenvalue weighted by molar-refractivity contribution is 5.95. The van der Waals surface area contributed by atoms with Crippen molar-refractivity contribution in [1.29, 1.82) is 0 Å². The predicted molar refractivity (Wildman–Crippen MR) is 135 cm³/mol. The number of benzene rings is 1. The fraction of sp³-hybridized carbons (Fsp3) is 0.577. The molecule has 0 radical (unpaired) electrons. The molecule has 0 aliphatic heterocycles. The minimum atomic E-state index is -1.35. The summed E-state index contributed by atoms with van der Waals surface area (Å²) in [7, 11) is 1.21. The normalized spacial score (nSPS) is 15.0. The van der Waals surface area contributed by atoms with Crippen molar-refractivity contribution < 1.29 is 33.4 Å². The van der Waals surface area contributed by atoms with E-state index in [1.54, 1.807) is 20.8 Å². The van der Waals surface area contributed by atoms with Gasteiger partial charge in [-0.05, 0) is 70.6 Å². The van der Waals surface area contributed by atoms with Gasteiger partial charge in [-0.1, -0.05) is 18.2 Å². The third-order valence-electron chi connectivity index (χ3n) is 6.09. The van der Waals surface area contributed by atoms with Gasteiger partial charge in [0.05, 0.1) is 13.5 Å². The molecular weight excluding hydrogens is 480 g/mol. The van der Waals surface area contributed by atoms with E-state index in [0.717, 1.165) is 17.5 Å². The van der Waals surface area contributed by atoms with Crippen LogP contribution in [-0.2, 0) is 28.7 Å². The van der Waals surface area contributed by atoms with Crippen LogP contribution in [0, 0.1) is 13.8 Å². The van der Waals surface area contributed by atoms with Gasteiger partial charge in [-0.2, -0.15) is 0 Å². The molecule has 2 unspecified atom stereocenters. The second kappa shape index (κ2) is 12.6. The summed E-state index contributed by atoms with van der Waals surface area (Å²) in [4.78, 5) is 65.2. The van der Waals surface area contributed by atoms with Crippen molar-refractivity contribution in [3.63, 3.8) is 0 Å². The van der Waals surface area contributed by atoms with Crippen LogP contribution in [0.5, 0.6) is 0 Å². The number of carbonyl (C=O) groups excluding carboxylic acids is 5. The molecule has 37 heavy (non-hydrogen) atoms. The molecule has 2 rings (SSSR count). The first-order valence-electron chi connectivity index (χ1n) is 12.3. The lowest BCUT2D eigenvalue weighted by Gasteiger charge is -2.44. The molecule has 1 aromatic rings. The zero-order valence-electron chi connectivity index (χ0n) is 22.4. The van der Waals surface area contributed by atoms with Crippen LogP contribution in [0.2, 0.25) is 0 Å². The van der Waals surface area contributed by atoms with Crippen LogP contribution in [0.15, 0.2) is 18.2 Å². The summed E-state index contributed by atoms with van der Waals surface area (Å²) in [6.07, 6.45) is 0.738. The molecule has 4 N–H and O–H groups in total.